The van der Waals surface area contributed by atoms with Crippen LogP contribution in [0.3, 0.4) is 0 Å². The van der Waals surface area contributed by atoms with Crippen molar-refractivity contribution in [3.63, 3.8) is 0 Å². The Morgan fingerprint density at radius 1 is 1.08 bits per heavy atom. The van der Waals surface area contributed by atoms with E-state index >= 15 is 0 Å². The SMILES string of the molecule is CCCCCCc1ccc2c(n1)CC(c1ccccc1)CC2C=O. The number of aryl methyl sites for hydroxylation is 1. The number of hydrogen-bond donors (Lipinski definition) is 0. The highest BCUT2D eigenvalue weighted by Crippen LogP contribution is 2.38. The predicted molar refractivity (Wildman–Crippen MR) is 98.4 cm³/mol. The van der Waals surface area contributed by atoms with Crippen LogP contribution >= 0.6 is 0 Å². The zero-order valence-corrected chi connectivity index (χ0v) is 14.6. The summed E-state index contributed by atoms with van der Waals surface area (Å²) in [5.41, 5.74) is 4.79. The van der Waals surface area contributed by atoms with Gasteiger partial charge in [-0.3, -0.25) is 4.98 Å². The van der Waals surface area contributed by atoms with Gasteiger partial charge in [0.05, 0.1) is 0 Å². The van der Waals surface area contributed by atoms with E-state index in [4.69, 9.17) is 4.98 Å². The normalized spacial score (nSPS) is 19.7. The summed E-state index contributed by atoms with van der Waals surface area (Å²) < 4.78 is 0. The molecule has 3 rings (SSSR count). The Hall–Kier alpha value is -1.96. The van der Waals surface area contributed by atoms with Crippen LogP contribution in [-0.2, 0) is 17.6 Å². The lowest BCUT2D eigenvalue weighted by atomic mass is 9.76. The second-order valence-corrected chi connectivity index (χ2v) is 6.94. The van der Waals surface area contributed by atoms with Gasteiger partial charge in [0.15, 0.2) is 0 Å². The molecular formula is C22H27NO. The number of benzene rings is 1. The first kappa shape index (κ1) is 16.9. The number of fused-ring (bicyclic) bond motifs is 1. The summed E-state index contributed by atoms with van der Waals surface area (Å²) in [5.74, 6) is 0.386. The molecule has 2 nitrogen and oxygen atoms in total. The summed E-state index contributed by atoms with van der Waals surface area (Å²) in [4.78, 5) is 16.5. The van der Waals surface area contributed by atoms with Crippen LogP contribution < -0.4 is 0 Å². The number of hydrogen-bond acceptors (Lipinski definition) is 2. The smallest absolute Gasteiger partial charge is 0.127 e. The minimum Gasteiger partial charge on any atom is -0.303 e. The van der Waals surface area contributed by atoms with Crippen molar-refractivity contribution in [2.45, 2.75) is 63.7 Å². The Bertz CT molecular complexity index is 665. The van der Waals surface area contributed by atoms with E-state index in [1.165, 1.54) is 36.9 Å². The van der Waals surface area contributed by atoms with E-state index in [1.54, 1.807) is 0 Å². The zero-order chi connectivity index (χ0) is 16.8. The molecule has 0 N–H and O–H groups in total. The number of carbonyl (C=O) groups excluding carboxylic acids is 1. The lowest BCUT2D eigenvalue weighted by molar-refractivity contribution is -0.109. The van der Waals surface area contributed by atoms with E-state index in [0.717, 1.165) is 36.8 Å². The van der Waals surface area contributed by atoms with E-state index < -0.39 is 0 Å². The number of pyridine rings is 1. The van der Waals surface area contributed by atoms with Gasteiger partial charge in [0, 0.05) is 17.3 Å². The molecule has 0 spiro atoms. The Kier molecular flexibility index (Phi) is 5.79. The van der Waals surface area contributed by atoms with Gasteiger partial charge in [-0.25, -0.2) is 0 Å². The van der Waals surface area contributed by atoms with Gasteiger partial charge >= 0.3 is 0 Å². The van der Waals surface area contributed by atoms with Crippen molar-refractivity contribution in [1.82, 2.24) is 4.98 Å². The van der Waals surface area contributed by atoms with Gasteiger partial charge in [0.1, 0.15) is 6.29 Å². The maximum atomic E-state index is 11.6. The Morgan fingerprint density at radius 2 is 1.92 bits per heavy atom. The first-order valence-electron chi connectivity index (χ1n) is 9.30. The van der Waals surface area contributed by atoms with Gasteiger partial charge in [0.25, 0.3) is 0 Å². The number of nitrogens with zero attached hydrogens (tertiary/aromatic N) is 1. The van der Waals surface area contributed by atoms with E-state index in [-0.39, 0.29) is 5.92 Å². The third kappa shape index (κ3) is 3.92. The average Bonchev–Trinajstić information content (AvgIpc) is 2.64. The maximum Gasteiger partial charge on any atom is 0.127 e. The van der Waals surface area contributed by atoms with Crippen LogP contribution in [0.4, 0.5) is 0 Å². The van der Waals surface area contributed by atoms with Crippen molar-refractivity contribution in [2.75, 3.05) is 0 Å². The van der Waals surface area contributed by atoms with Gasteiger partial charge < -0.3 is 4.79 Å². The molecule has 0 saturated heterocycles. The predicted octanol–water partition coefficient (Wildman–Crippen LogP) is 5.22. The molecule has 1 heterocycles. The molecule has 0 saturated carbocycles. The fraction of sp³-hybridized carbons (Fsp3) is 0.455. The standard InChI is InChI=1S/C22H27NO/c1-2-3-4-8-11-20-12-13-21-19(16-24)14-18(15-22(21)23-20)17-9-6-5-7-10-17/h5-7,9-10,12-13,16,18-19H,2-4,8,11,14-15H2,1H3. The molecule has 126 valence electrons. The maximum absolute atomic E-state index is 11.6. The van der Waals surface area contributed by atoms with Crippen LogP contribution in [0.1, 0.15) is 73.4 Å². The van der Waals surface area contributed by atoms with Crippen molar-refractivity contribution in [3.8, 4) is 0 Å². The quantitative estimate of drug-likeness (QED) is 0.517. The highest BCUT2D eigenvalue weighted by Gasteiger charge is 2.28. The minimum absolute atomic E-state index is 0.0133. The van der Waals surface area contributed by atoms with Crippen molar-refractivity contribution < 1.29 is 4.79 Å². The summed E-state index contributed by atoms with van der Waals surface area (Å²) in [6.07, 6.45) is 9.06. The fourth-order valence-corrected chi connectivity index (χ4v) is 3.79. The molecule has 24 heavy (non-hydrogen) atoms. The van der Waals surface area contributed by atoms with Crippen LogP contribution in [0, 0.1) is 0 Å². The highest BCUT2D eigenvalue weighted by molar-refractivity contribution is 5.64. The van der Waals surface area contributed by atoms with Crippen LogP contribution in [0.25, 0.3) is 0 Å². The van der Waals surface area contributed by atoms with Crippen LogP contribution in [0.2, 0.25) is 0 Å². The summed E-state index contributed by atoms with van der Waals surface area (Å²) in [5, 5.41) is 0. The third-order valence-electron chi connectivity index (χ3n) is 5.17. The molecular weight excluding hydrogens is 294 g/mol. The van der Waals surface area contributed by atoms with Gasteiger partial charge in [-0.15, -0.1) is 0 Å². The first-order valence-corrected chi connectivity index (χ1v) is 9.30. The monoisotopic (exact) mass is 321 g/mol. The second kappa shape index (κ2) is 8.23. The van der Waals surface area contributed by atoms with Crippen LogP contribution in [0.5, 0.6) is 0 Å². The number of unbranched alkanes of at least 4 members (excludes halogenated alkanes) is 3. The summed E-state index contributed by atoms with van der Waals surface area (Å²) >= 11 is 0. The van der Waals surface area contributed by atoms with E-state index in [9.17, 15) is 4.79 Å². The van der Waals surface area contributed by atoms with Crippen LogP contribution in [-0.4, -0.2) is 11.3 Å². The molecule has 2 atom stereocenters. The number of aldehydes is 1. The molecule has 0 fully saturated rings. The molecule has 1 aromatic heterocycles. The summed E-state index contributed by atoms with van der Waals surface area (Å²) in [6.45, 7) is 2.24. The number of rotatable bonds is 7. The Balaban J connectivity index is 1.78. The Labute approximate surface area is 145 Å². The van der Waals surface area contributed by atoms with E-state index in [0.29, 0.717) is 5.92 Å². The van der Waals surface area contributed by atoms with Gasteiger partial charge in [-0.1, -0.05) is 62.6 Å². The van der Waals surface area contributed by atoms with Gasteiger partial charge in [-0.05, 0) is 48.8 Å². The topological polar surface area (TPSA) is 30.0 Å². The first-order chi connectivity index (χ1) is 11.8. The second-order valence-electron chi connectivity index (χ2n) is 6.94. The molecule has 0 aliphatic heterocycles. The Morgan fingerprint density at radius 3 is 2.67 bits per heavy atom. The molecule has 1 aliphatic carbocycles. The van der Waals surface area contributed by atoms with E-state index in [2.05, 4.69) is 43.3 Å². The molecule has 2 unspecified atom stereocenters. The minimum atomic E-state index is -0.0133. The lowest BCUT2D eigenvalue weighted by Gasteiger charge is -2.28. The van der Waals surface area contributed by atoms with Gasteiger partial charge in [0.2, 0.25) is 0 Å². The summed E-state index contributed by atoms with van der Waals surface area (Å²) in [7, 11) is 0. The number of aromatic nitrogens is 1. The molecule has 2 aromatic rings. The molecule has 2 heteroatoms. The van der Waals surface area contributed by atoms with E-state index in [1.807, 2.05) is 6.07 Å². The third-order valence-corrected chi connectivity index (χ3v) is 5.17. The van der Waals surface area contributed by atoms with Crippen molar-refractivity contribution in [2.24, 2.45) is 0 Å². The van der Waals surface area contributed by atoms with Crippen molar-refractivity contribution >= 4 is 6.29 Å². The fourth-order valence-electron chi connectivity index (χ4n) is 3.79. The molecule has 0 radical (unpaired) electrons. The van der Waals surface area contributed by atoms with Crippen molar-refractivity contribution in [1.29, 1.82) is 0 Å². The molecule has 1 aromatic carbocycles. The van der Waals surface area contributed by atoms with Gasteiger partial charge in [-0.2, -0.15) is 0 Å². The highest BCUT2D eigenvalue weighted by atomic mass is 16.1. The molecule has 0 bridgehead atoms. The van der Waals surface area contributed by atoms with Crippen LogP contribution in [0.15, 0.2) is 42.5 Å². The molecule has 0 amide bonds. The molecule has 1 aliphatic rings. The van der Waals surface area contributed by atoms with Crippen molar-refractivity contribution in [3.05, 3.63) is 65.0 Å². The number of carbonyl (C=O) groups is 1. The largest absolute Gasteiger partial charge is 0.303 e. The summed E-state index contributed by atoms with van der Waals surface area (Å²) in [6, 6.07) is 14.8. The average molecular weight is 321 g/mol. The lowest BCUT2D eigenvalue weighted by Crippen LogP contribution is -2.20. The zero-order valence-electron chi connectivity index (χ0n) is 14.6.